The van der Waals surface area contributed by atoms with Gasteiger partial charge in [0.05, 0.1) is 0 Å². The maximum absolute atomic E-state index is 7.56. The van der Waals surface area contributed by atoms with E-state index in [1.165, 1.54) is 0 Å². The molecule has 0 aromatic heterocycles. The maximum Gasteiger partial charge on any atom is 0.319 e. The van der Waals surface area contributed by atoms with Gasteiger partial charge in [-0.05, 0) is 11.8 Å². The van der Waals surface area contributed by atoms with Gasteiger partial charge in [-0.3, -0.25) is 0 Å². The van der Waals surface area contributed by atoms with Crippen LogP contribution in [0.2, 0.25) is 0 Å². The van der Waals surface area contributed by atoms with Crippen molar-refractivity contribution in [2.75, 3.05) is 0 Å². The van der Waals surface area contributed by atoms with Crippen molar-refractivity contribution in [1.29, 1.82) is 0 Å². The summed E-state index contributed by atoms with van der Waals surface area (Å²) in [5, 5.41) is 0. The van der Waals surface area contributed by atoms with Crippen LogP contribution in [0.5, 0.6) is 0 Å². The van der Waals surface area contributed by atoms with Crippen LogP contribution in [0.15, 0.2) is 0 Å². The third-order valence-corrected chi connectivity index (χ3v) is 0. The van der Waals surface area contributed by atoms with Crippen molar-refractivity contribution in [3.8, 4) is 0 Å². The average molecular weight is 121 g/mol. The monoisotopic (exact) mass is 121 g/mol. The van der Waals surface area contributed by atoms with Crippen LogP contribution < -0.4 is 0 Å². The zero-order valence-corrected chi connectivity index (χ0v) is 4.91. The second-order valence-corrected chi connectivity index (χ2v) is 3.01. The van der Waals surface area contributed by atoms with Crippen LogP contribution in [0.4, 0.5) is 0 Å². The van der Waals surface area contributed by atoms with Crippen molar-refractivity contribution >= 4 is 37.4 Å². The Bertz CT molecular complexity index is 56.9. The summed E-state index contributed by atoms with van der Waals surface area (Å²) in [6.45, 7) is -3.81. The predicted molar refractivity (Wildman–Crippen MR) is 26.7 cm³/mol. The standard InChI is InChI=1S/Li.H3O3PS/c;1-4(2,3)5/h;(H3,1,2,3,5). The van der Waals surface area contributed by atoms with Gasteiger partial charge in [0.1, 0.15) is 0 Å². The molecule has 6 heavy (non-hydrogen) atoms. The smallest absolute Gasteiger partial charge is 0.319 e. The Morgan fingerprint density at radius 3 is 1.17 bits per heavy atom. The molecule has 0 aliphatic carbocycles. The average Bonchev–Trinajstić information content (AvgIpc) is 0.722. The summed E-state index contributed by atoms with van der Waals surface area (Å²) in [6.07, 6.45) is 0. The molecule has 6 heteroatoms. The predicted octanol–water partition coefficient (Wildman–Crippen LogP) is -1.19. The van der Waals surface area contributed by atoms with E-state index in [-0.39, 0.29) is 18.9 Å². The maximum atomic E-state index is 7.56. The molecule has 33 valence electrons. The van der Waals surface area contributed by atoms with E-state index < -0.39 is 6.72 Å². The first-order chi connectivity index (χ1) is 2.00. The molecule has 0 aliphatic rings. The fourth-order valence-electron chi connectivity index (χ4n) is 0. The normalized spacial score (nSPS) is 9.83. The quantitative estimate of drug-likeness (QED) is 0.278. The molecule has 0 amide bonds. The molecule has 0 bridgehead atoms. The van der Waals surface area contributed by atoms with Gasteiger partial charge < -0.3 is 14.7 Å². The molecule has 0 aromatic carbocycles. The van der Waals surface area contributed by atoms with Crippen molar-refractivity contribution in [2.45, 2.75) is 0 Å². The van der Waals surface area contributed by atoms with Crippen molar-refractivity contribution in [3.05, 3.63) is 0 Å². The molecule has 0 fully saturated rings. The zero-order chi connectivity index (χ0) is 4.50. The minimum atomic E-state index is -3.81. The summed E-state index contributed by atoms with van der Waals surface area (Å²) in [7, 11) is 0. The van der Waals surface area contributed by atoms with Gasteiger partial charge in [-0.25, -0.2) is 0 Å². The first-order valence-electron chi connectivity index (χ1n) is 0.783. The van der Waals surface area contributed by atoms with E-state index in [2.05, 4.69) is 11.8 Å². The van der Waals surface area contributed by atoms with Gasteiger partial charge in [0.2, 0.25) is 0 Å². The molecular formula is H3LiO3PS. The molecule has 0 unspecified atom stereocenters. The molecule has 3 nitrogen and oxygen atoms in total. The van der Waals surface area contributed by atoms with Crippen LogP contribution >= 0.6 is 6.72 Å². The Balaban J connectivity index is 0. The minimum absolute atomic E-state index is 0. The van der Waals surface area contributed by atoms with Gasteiger partial charge in [-0.15, -0.1) is 0 Å². The third kappa shape index (κ3) is 68.7. The van der Waals surface area contributed by atoms with Gasteiger partial charge in [0, 0.05) is 18.9 Å². The topological polar surface area (TPSA) is 60.7 Å². The zero-order valence-electron chi connectivity index (χ0n) is 3.20. The van der Waals surface area contributed by atoms with Gasteiger partial charge in [0.25, 0.3) is 0 Å². The van der Waals surface area contributed by atoms with E-state index in [9.17, 15) is 0 Å². The summed E-state index contributed by atoms with van der Waals surface area (Å²) in [5.74, 6) is 0. The first kappa shape index (κ1) is 10.2. The molecular weight excluding hydrogens is 118 g/mol. The fourth-order valence-corrected chi connectivity index (χ4v) is 0. The van der Waals surface area contributed by atoms with Gasteiger partial charge in [0.15, 0.2) is 0 Å². The summed E-state index contributed by atoms with van der Waals surface area (Å²) < 4.78 is 0. The van der Waals surface area contributed by atoms with Crippen LogP contribution in [0.3, 0.4) is 0 Å². The van der Waals surface area contributed by atoms with Crippen molar-refractivity contribution in [2.24, 2.45) is 0 Å². The molecule has 3 N–H and O–H groups in total. The molecule has 1 radical (unpaired) electrons. The van der Waals surface area contributed by atoms with E-state index in [1.807, 2.05) is 0 Å². The number of hydrogen-bond acceptors (Lipinski definition) is 1. The van der Waals surface area contributed by atoms with Gasteiger partial charge in [-0.2, -0.15) is 0 Å². The summed E-state index contributed by atoms with van der Waals surface area (Å²) in [6, 6.07) is 0. The SMILES string of the molecule is OP(O)(O)=S.[Li]. The van der Waals surface area contributed by atoms with Crippen LogP contribution in [-0.4, -0.2) is 33.5 Å². The van der Waals surface area contributed by atoms with E-state index in [0.717, 1.165) is 0 Å². The molecule has 0 rings (SSSR count). The van der Waals surface area contributed by atoms with Gasteiger partial charge >= 0.3 is 6.72 Å². The van der Waals surface area contributed by atoms with Gasteiger partial charge in [-0.1, -0.05) is 0 Å². The molecule has 0 aromatic rings. The molecule has 0 atom stereocenters. The molecule has 0 spiro atoms. The molecule has 0 aliphatic heterocycles. The molecule has 0 saturated carbocycles. The summed E-state index contributed by atoms with van der Waals surface area (Å²) in [5.41, 5.74) is 0. The Morgan fingerprint density at radius 2 is 1.17 bits per heavy atom. The van der Waals surface area contributed by atoms with Crippen molar-refractivity contribution in [1.82, 2.24) is 0 Å². The van der Waals surface area contributed by atoms with Crippen molar-refractivity contribution < 1.29 is 14.7 Å². The summed E-state index contributed by atoms with van der Waals surface area (Å²) in [4.78, 5) is 22.7. The largest absolute Gasteiger partial charge is 0.325 e. The fraction of sp³-hybridized carbons (Fsp3) is 0. The second kappa shape index (κ2) is 3.17. The van der Waals surface area contributed by atoms with E-state index in [1.54, 1.807) is 0 Å². The van der Waals surface area contributed by atoms with Crippen LogP contribution in [0.1, 0.15) is 0 Å². The van der Waals surface area contributed by atoms with Crippen molar-refractivity contribution in [3.63, 3.8) is 0 Å². The molecule has 0 heterocycles. The molecule has 0 saturated heterocycles. The Labute approximate surface area is 52.4 Å². The van der Waals surface area contributed by atoms with E-state index in [4.69, 9.17) is 14.7 Å². The minimum Gasteiger partial charge on any atom is -0.325 e. The Morgan fingerprint density at radius 1 is 1.17 bits per heavy atom. The Hall–Kier alpha value is 1.13. The van der Waals surface area contributed by atoms with Crippen LogP contribution in [0, 0.1) is 0 Å². The van der Waals surface area contributed by atoms with Crippen LogP contribution in [-0.2, 0) is 11.8 Å². The second-order valence-electron chi connectivity index (χ2n) is 0.513. The van der Waals surface area contributed by atoms with E-state index in [0.29, 0.717) is 0 Å². The number of hydrogen-bond donors (Lipinski definition) is 3. The van der Waals surface area contributed by atoms with E-state index >= 15 is 0 Å². The van der Waals surface area contributed by atoms with Crippen LogP contribution in [0.25, 0.3) is 0 Å². The third-order valence-electron chi connectivity index (χ3n) is 0. The number of rotatable bonds is 0. The summed E-state index contributed by atoms with van der Waals surface area (Å²) >= 11 is 3.60. The first-order valence-corrected chi connectivity index (χ1v) is 3.44. The Kier molecular flexibility index (Phi) is 5.38.